The molecule has 4 rings (SSSR count). The zero-order valence-electron chi connectivity index (χ0n) is 23.2. The van der Waals surface area contributed by atoms with Gasteiger partial charge in [0.05, 0.1) is 30.0 Å². The van der Waals surface area contributed by atoms with Crippen LogP contribution in [0.3, 0.4) is 0 Å². The number of nitrogens with zero attached hydrogens (tertiary/aromatic N) is 1. The van der Waals surface area contributed by atoms with Gasteiger partial charge in [-0.15, -0.1) is 11.3 Å². The lowest BCUT2D eigenvalue weighted by atomic mass is 10.1. The van der Waals surface area contributed by atoms with Crippen LogP contribution >= 0.6 is 27.3 Å². The number of fused-ring (bicyclic) bond motifs is 1. The van der Waals surface area contributed by atoms with Crippen LogP contribution in [0.1, 0.15) is 63.7 Å². The van der Waals surface area contributed by atoms with E-state index in [4.69, 9.17) is 14.2 Å². The van der Waals surface area contributed by atoms with Crippen LogP contribution in [0.25, 0.3) is 0 Å². The number of carbonyl (C=O) groups is 3. The molecule has 1 aliphatic carbocycles. The van der Waals surface area contributed by atoms with Crippen molar-refractivity contribution in [2.75, 3.05) is 19.0 Å². The zero-order chi connectivity index (χ0) is 29.4. The first kappa shape index (κ1) is 30.3. The SMILES string of the molecule is CCOC(=O)c1c(NC(=O)C(=O)N/N=C/c2cc(Br)c(OCc3cccc(C)c3)c(OC)c2)sc2c1CCCCC2. The van der Waals surface area contributed by atoms with Gasteiger partial charge in [0.1, 0.15) is 11.6 Å². The standard InChI is InChI=1S/C30H32BrN3O6S/c1-4-39-30(37)25-21-11-6-5-7-12-24(21)41-29(25)33-27(35)28(36)34-32-16-20-14-22(31)26(23(15-20)38-3)40-17-19-10-8-9-18(2)13-19/h8-10,13-16H,4-7,11-12,17H2,1-3H3,(H,33,35)(H,34,36)/b32-16+. The minimum Gasteiger partial charge on any atom is -0.493 e. The van der Waals surface area contributed by atoms with Crippen LogP contribution in [0.5, 0.6) is 11.5 Å². The molecule has 2 aromatic carbocycles. The van der Waals surface area contributed by atoms with Crippen LogP contribution in [0.2, 0.25) is 0 Å². The Balaban J connectivity index is 1.41. The lowest BCUT2D eigenvalue weighted by molar-refractivity contribution is -0.136. The van der Waals surface area contributed by atoms with E-state index in [1.165, 1.54) is 24.7 Å². The number of ether oxygens (including phenoxy) is 3. The number of benzene rings is 2. The lowest BCUT2D eigenvalue weighted by Gasteiger charge is -2.14. The summed E-state index contributed by atoms with van der Waals surface area (Å²) in [5.74, 6) is -1.39. The number of methoxy groups -OCH3 is 1. The Morgan fingerprint density at radius 2 is 1.90 bits per heavy atom. The number of aryl methyl sites for hydroxylation is 2. The summed E-state index contributed by atoms with van der Waals surface area (Å²) in [5, 5.41) is 6.85. The molecule has 0 radical (unpaired) electrons. The molecule has 11 heteroatoms. The van der Waals surface area contributed by atoms with Crippen LogP contribution in [-0.4, -0.2) is 37.7 Å². The molecule has 0 bridgehead atoms. The predicted octanol–water partition coefficient (Wildman–Crippen LogP) is 5.94. The van der Waals surface area contributed by atoms with Crippen molar-refractivity contribution in [1.82, 2.24) is 5.43 Å². The smallest absolute Gasteiger partial charge is 0.341 e. The molecule has 216 valence electrons. The Morgan fingerprint density at radius 1 is 1.10 bits per heavy atom. The van der Waals surface area contributed by atoms with Crippen molar-refractivity contribution in [2.45, 2.75) is 52.6 Å². The third-order valence-electron chi connectivity index (χ3n) is 6.43. The van der Waals surface area contributed by atoms with Crippen molar-refractivity contribution >= 4 is 56.3 Å². The molecule has 0 saturated heterocycles. The van der Waals surface area contributed by atoms with Gasteiger partial charge in [-0.25, -0.2) is 10.2 Å². The van der Waals surface area contributed by atoms with Crippen molar-refractivity contribution in [3.8, 4) is 11.5 Å². The number of thiophene rings is 1. The van der Waals surface area contributed by atoms with E-state index >= 15 is 0 Å². The summed E-state index contributed by atoms with van der Waals surface area (Å²) in [5.41, 5.74) is 6.26. The highest BCUT2D eigenvalue weighted by Gasteiger charge is 2.28. The van der Waals surface area contributed by atoms with Gasteiger partial charge in [0.2, 0.25) is 0 Å². The van der Waals surface area contributed by atoms with Gasteiger partial charge < -0.3 is 19.5 Å². The number of anilines is 1. The highest BCUT2D eigenvalue weighted by molar-refractivity contribution is 9.10. The first-order valence-corrected chi connectivity index (χ1v) is 14.9. The minimum atomic E-state index is -0.969. The van der Waals surface area contributed by atoms with Crippen LogP contribution in [0.4, 0.5) is 5.00 Å². The van der Waals surface area contributed by atoms with Gasteiger partial charge in [0.15, 0.2) is 11.5 Å². The van der Waals surface area contributed by atoms with Crippen molar-refractivity contribution < 1.29 is 28.6 Å². The molecule has 3 aromatic rings. The van der Waals surface area contributed by atoms with Gasteiger partial charge in [0.25, 0.3) is 0 Å². The molecule has 0 fully saturated rings. The number of hydrogen-bond donors (Lipinski definition) is 2. The van der Waals surface area contributed by atoms with E-state index in [2.05, 4.69) is 31.8 Å². The van der Waals surface area contributed by atoms with E-state index in [-0.39, 0.29) is 6.61 Å². The molecule has 2 N–H and O–H groups in total. The fourth-order valence-electron chi connectivity index (χ4n) is 4.54. The van der Waals surface area contributed by atoms with Gasteiger partial charge in [-0.3, -0.25) is 9.59 Å². The van der Waals surface area contributed by atoms with E-state index in [1.807, 2.05) is 31.2 Å². The van der Waals surface area contributed by atoms with Crippen LogP contribution < -0.4 is 20.2 Å². The minimum absolute atomic E-state index is 0.215. The first-order chi connectivity index (χ1) is 19.8. The second-order valence-electron chi connectivity index (χ2n) is 9.45. The molecule has 9 nitrogen and oxygen atoms in total. The van der Waals surface area contributed by atoms with Crippen molar-refractivity contribution in [2.24, 2.45) is 5.10 Å². The number of carbonyl (C=O) groups excluding carboxylic acids is 3. The third-order valence-corrected chi connectivity index (χ3v) is 8.23. The van der Waals surface area contributed by atoms with Crippen molar-refractivity contribution in [3.63, 3.8) is 0 Å². The Morgan fingerprint density at radius 3 is 2.66 bits per heavy atom. The molecule has 0 spiro atoms. The topological polar surface area (TPSA) is 115 Å². The number of esters is 1. The monoisotopic (exact) mass is 641 g/mol. The average molecular weight is 643 g/mol. The normalized spacial score (nSPS) is 12.8. The number of hydrogen-bond acceptors (Lipinski definition) is 8. The summed E-state index contributed by atoms with van der Waals surface area (Å²) in [7, 11) is 1.53. The molecule has 2 amide bonds. The maximum Gasteiger partial charge on any atom is 0.341 e. The second kappa shape index (κ2) is 14.3. The highest BCUT2D eigenvalue weighted by atomic mass is 79.9. The van der Waals surface area contributed by atoms with Crippen LogP contribution in [0, 0.1) is 6.92 Å². The number of halogens is 1. The first-order valence-electron chi connectivity index (χ1n) is 13.3. The highest BCUT2D eigenvalue weighted by Crippen LogP contribution is 2.38. The maximum absolute atomic E-state index is 12.7. The van der Waals surface area contributed by atoms with Crippen molar-refractivity contribution in [1.29, 1.82) is 0 Å². The summed E-state index contributed by atoms with van der Waals surface area (Å²) in [6.45, 7) is 4.33. The molecular weight excluding hydrogens is 610 g/mol. The Bertz CT molecular complexity index is 1470. The maximum atomic E-state index is 12.7. The quantitative estimate of drug-likeness (QED) is 0.0982. The summed E-state index contributed by atoms with van der Waals surface area (Å²) in [6.07, 6.45) is 6.00. The molecule has 1 heterocycles. The summed E-state index contributed by atoms with van der Waals surface area (Å²) in [6, 6.07) is 11.5. The van der Waals surface area contributed by atoms with Crippen molar-refractivity contribution in [3.05, 3.63) is 73.6 Å². The van der Waals surface area contributed by atoms with E-state index in [9.17, 15) is 14.4 Å². The Kier molecular flexibility index (Phi) is 10.5. The number of amides is 2. The summed E-state index contributed by atoms with van der Waals surface area (Å²) in [4.78, 5) is 39.0. The molecule has 1 aliphatic rings. The van der Waals surface area contributed by atoms with Gasteiger partial charge >= 0.3 is 17.8 Å². The molecule has 0 aliphatic heterocycles. The number of rotatable bonds is 9. The largest absolute Gasteiger partial charge is 0.493 e. The predicted molar refractivity (Wildman–Crippen MR) is 162 cm³/mol. The van der Waals surface area contributed by atoms with Crippen LogP contribution in [-0.2, 0) is 33.8 Å². The van der Waals surface area contributed by atoms with E-state index < -0.39 is 17.8 Å². The summed E-state index contributed by atoms with van der Waals surface area (Å²) < 4.78 is 17.4. The zero-order valence-corrected chi connectivity index (χ0v) is 25.6. The van der Waals surface area contributed by atoms with E-state index in [0.717, 1.165) is 53.7 Å². The van der Waals surface area contributed by atoms with E-state index in [1.54, 1.807) is 19.1 Å². The van der Waals surface area contributed by atoms with Gasteiger partial charge in [0, 0.05) is 4.88 Å². The lowest BCUT2D eigenvalue weighted by Crippen LogP contribution is -2.32. The molecule has 41 heavy (non-hydrogen) atoms. The molecular formula is C30H32BrN3O6S. The van der Waals surface area contributed by atoms with Crippen LogP contribution in [0.15, 0.2) is 46.0 Å². The van der Waals surface area contributed by atoms with Gasteiger partial charge in [-0.2, -0.15) is 5.10 Å². The number of hydrazone groups is 1. The van der Waals surface area contributed by atoms with E-state index in [0.29, 0.717) is 38.7 Å². The fraction of sp³-hybridized carbons (Fsp3) is 0.333. The van der Waals surface area contributed by atoms with Gasteiger partial charge in [-0.05, 0) is 84.3 Å². The molecule has 0 saturated carbocycles. The fourth-order valence-corrected chi connectivity index (χ4v) is 6.38. The molecule has 0 unspecified atom stereocenters. The Hall–Kier alpha value is -3.70. The number of nitrogens with one attached hydrogen (secondary N) is 2. The Labute approximate surface area is 251 Å². The molecule has 1 aromatic heterocycles. The molecule has 0 atom stereocenters. The van der Waals surface area contributed by atoms with Gasteiger partial charge in [-0.1, -0.05) is 36.2 Å². The third kappa shape index (κ3) is 7.74. The summed E-state index contributed by atoms with van der Waals surface area (Å²) >= 11 is 4.84. The average Bonchev–Trinajstić information content (AvgIpc) is 3.12. The second-order valence-corrected chi connectivity index (χ2v) is 11.4.